The summed E-state index contributed by atoms with van der Waals surface area (Å²) in [6.07, 6.45) is 6.63. The van der Waals surface area contributed by atoms with Crippen molar-refractivity contribution in [1.29, 1.82) is 0 Å². The summed E-state index contributed by atoms with van der Waals surface area (Å²) >= 11 is 0. The molecule has 2 aliphatic carbocycles. The number of nitrogens with zero attached hydrogens (tertiary/aromatic N) is 1. The van der Waals surface area contributed by atoms with Crippen molar-refractivity contribution in [2.45, 2.75) is 51.1 Å². The molecule has 110 valence electrons. The van der Waals surface area contributed by atoms with Gasteiger partial charge in [-0.25, -0.2) is 0 Å². The number of benzene rings is 1. The molecule has 2 unspecified atom stereocenters. The quantitative estimate of drug-likeness (QED) is 0.854. The van der Waals surface area contributed by atoms with Crippen molar-refractivity contribution in [1.82, 2.24) is 10.2 Å². The van der Waals surface area contributed by atoms with E-state index >= 15 is 0 Å². The second kappa shape index (κ2) is 6.28. The van der Waals surface area contributed by atoms with E-state index in [4.69, 9.17) is 0 Å². The van der Waals surface area contributed by atoms with E-state index in [0.717, 1.165) is 12.5 Å². The van der Waals surface area contributed by atoms with Crippen LogP contribution in [0.3, 0.4) is 0 Å². The Hall–Kier alpha value is -0.860. The third kappa shape index (κ3) is 3.07. The SMILES string of the molecule is CCCNC1c2ccccc2CCC1N(C)CC1CC1. The molecule has 1 N–H and O–H groups in total. The molecule has 2 heteroatoms. The first kappa shape index (κ1) is 14.1. The lowest BCUT2D eigenvalue weighted by Gasteiger charge is -2.40. The largest absolute Gasteiger partial charge is 0.309 e. The number of likely N-dealkylation sites (N-methyl/N-ethyl adjacent to an activating group) is 1. The molecule has 0 bridgehead atoms. The molecule has 2 nitrogen and oxygen atoms in total. The van der Waals surface area contributed by atoms with Crippen molar-refractivity contribution in [2.24, 2.45) is 5.92 Å². The van der Waals surface area contributed by atoms with Crippen molar-refractivity contribution in [3.05, 3.63) is 35.4 Å². The van der Waals surface area contributed by atoms with E-state index in [0.29, 0.717) is 12.1 Å². The fourth-order valence-corrected chi connectivity index (χ4v) is 3.61. The lowest BCUT2D eigenvalue weighted by Crippen LogP contribution is -2.46. The number of hydrogen-bond acceptors (Lipinski definition) is 2. The van der Waals surface area contributed by atoms with E-state index in [9.17, 15) is 0 Å². The molecule has 1 aromatic carbocycles. The minimum atomic E-state index is 0.517. The predicted molar refractivity (Wildman–Crippen MR) is 84.9 cm³/mol. The number of aryl methyl sites for hydroxylation is 1. The maximum Gasteiger partial charge on any atom is 0.0480 e. The molecule has 0 saturated heterocycles. The summed E-state index contributed by atoms with van der Waals surface area (Å²) in [7, 11) is 2.33. The second-order valence-electron chi connectivity index (χ2n) is 6.62. The van der Waals surface area contributed by atoms with Crippen LogP contribution in [0.2, 0.25) is 0 Å². The molecule has 2 aliphatic rings. The highest BCUT2D eigenvalue weighted by atomic mass is 15.2. The van der Waals surface area contributed by atoms with Gasteiger partial charge in [-0.15, -0.1) is 0 Å². The minimum absolute atomic E-state index is 0.517. The molecular weight excluding hydrogens is 244 g/mol. The molecular formula is C18H28N2. The van der Waals surface area contributed by atoms with Gasteiger partial charge in [-0.2, -0.15) is 0 Å². The lowest BCUT2D eigenvalue weighted by molar-refractivity contribution is 0.167. The summed E-state index contributed by atoms with van der Waals surface area (Å²) in [6.45, 7) is 4.66. The van der Waals surface area contributed by atoms with Gasteiger partial charge in [-0.3, -0.25) is 0 Å². The Labute approximate surface area is 123 Å². The van der Waals surface area contributed by atoms with Gasteiger partial charge >= 0.3 is 0 Å². The zero-order valence-electron chi connectivity index (χ0n) is 12.9. The van der Waals surface area contributed by atoms with Crippen molar-refractivity contribution in [3.63, 3.8) is 0 Å². The van der Waals surface area contributed by atoms with Gasteiger partial charge in [0.1, 0.15) is 0 Å². The Kier molecular flexibility index (Phi) is 4.42. The van der Waals surface area contributed by atoms with Gasteiger partial charge in [0, 0.05) is 18.6 Å². The molecule has 1 aromatic rings. The molecule has 0 amide bonds. The van der Waals surface area contributed by atoms with Crippen molar-refractivity contribution < 1.29 is 0 Å². The summed E-state index contributed by atoms with van der Waals surface area (Å²) in [5.74, 6) is 0.976. The number of fused-ring (bicyclic) bond motifs is 1. The highest BCUT2D eigenvalue weighted by Gasteiger charge is 2.33. The Morgan fingerprint density at radius 2 is 2.00 bits per heavy atom. The Bertz CT molecular complexity index is 439. The van der Waals surface area contributed by atoms with E-state index in [1.807, 2.05) is 0 Å². The normalized spacial score (nSPS) is 25.8. The molecule has 1 saturated carbocycles. The molecule has 0 heterocycles. The van der Waals surface area contributed by atoms with E-state index < -0.39 is 0 Å². The van der Waals surface area contributed by atoms with Crippen LogP contribution in [-0.4, -0.2) is 31.1 Å². The molecule has 2 atom stereocenters. The van der Waals surface area contributed by atoms with Crippen LogP contribution in [-0.2, 0) is 6.42 Å². The van der Waals surface area contributed by atoms with Gasteiger partial charge in [0.2, 0.25) is 0 Å². The Balaban J connectivity index is 1.78. The first-order chi connectivity index (χ1) is 9.79. The smallest absolute Gasteiger partial charge is 0.0480 e. The third-order valence-corrected chi connectivity index (χ3v) is 4.91. The number of nitrogens with one attached hydrogen (secondary N) is 1. The molecule has 20 heavy (non-hydrogen) atoms. The summed E-state index contributed by atoms with van der Waals surface area (Å²) < 4.78 is 0. The van der Waals surface area contributed by atoms with Crippen molar-refractivity contribution in [3.8, 4) is 0 Å². The predicted octanol–water partition coefficient (Wildman–Crippen LogP) is 3.38. The molecule has 0 radical (unpaired) electrons. The summed E-state index contributed by atoms with van der Waals surface area (Å²) in [6, 6.07) is 10.2. The third-order valence-electron chi connectivity index (χ3n) is 4.91. The Morgan fingerprint density at radius 3 is 2.75 bits per heavy atom. The van der Waals surface area contributed by atoms with Gasteiger partial charge < -0.3 is 10.2 Å². The first-order valence-electron chi connectivity index (χ1n) is 8.31. The number of rotatable bonds is 6. The molecule has 1 fully saturated rings. The lowest BCUT2D eigenvalue weighted by atomic mass is 9.83. The molecule has 0 spiro atoms. The summed E-state index contributed by atoms with van der Waals surface area (Å²) in [5.41, 5.74) is 3.09. The van der Waals surface area contributed by atoms with Gasteiger partial charge in [0.15, 0.2) is 0 Å². The molecule has 0 aromatic heterocycles. The Morgan fingerprint density at radius 1 is 1.20 bits per heavy atom. The highest BCUT2D eigenvalue weighted by Crippen LogP contribution is 2.35. The second-order valence-corrected chi connectivity index (χ2v) is 6.62. The zero-order chi connectivity index (χ0) is 13.9. The first-order valence-corrected chi connectivity index (χ1v) is 8.31. The van der Waals surface area contributed by atoms with Gasteiger partial charge in [0.05, 0.1) is 0 Å². The van der Waals surface area contributed by atoms with Crippen molar-refractivity contribution in [2.75, 3.05) is 20.1 Å². The van der Waals surface area contributed by atoms with Crippen LogP contribution >= 0.6 is 0 Å². The zero-order valence-corrected chi connectivity index (χ0v) is 12.9. The molecule has 0 aliphatic heterocycles. The summed E-state index contributed by atoms with van der Waals surface area (Å²) in [4.78, 5) is 2.63. The minimum Gasteiger partial charge on any atom is -0.309 e. The van der Waals surface area contributed by atoms with Gasteiger partial charge in [-0.1, -0.05) is 31.2 Å². The average Bonchev–Trinajstić information content (AvgIpc) is 3.28. The molecule has 3 rings (SSSR count). The van der Waals surface area contributed by atoms with Gasteiger partial charge in [0.25, 0.3) is 0 Å². The standard InChI is InChI=1S/C18H28N2/c1-3-12-19-18-16-7-5-4-6-15(16)10-11-17(18)20(2)13-14-8-9-14/h4-7,14,17-19H,3,8-13H2,1-2H3. The maximum atomic E-state index is 3.81. The van der Waals surface area contributed by atoms with Gasteiger partial charge in [-0.05, 0) is 62.7 Å². The van der Waals surface area contributed by atoms with Crippen LogP contribution in [0.1, 0.15) is 49.8 Å². The number of hydrogen-bond donors (Lipinski definition) is 1. The monoisotopic (exact) mass is 272 g/mol. The fourth-order valence-electron chi connectivity index (χ4n) is 3.61. The van der Waals surface area contributed by atoms with Crippen LogP contribution in [0.5, 0.6) is 0 Å². The van der Waals surface area contributed by atoms with E-state index in [1.54, 1.807) is 11.1 Å². The van der Waals surface area contributed by atoms with Crippen LogP contribution < -0.4 is 5.32 Å². The van der Waals surface area contributed by atoms with Crippen LogP contribution in [0, 0.1) is 5.92 Å². The average molecular weight is 272 g/mol. The van der Waals surface area contributed by atoms with E-state index in [1.165, 1.54) is 38.6 Å². The van der Waals surface area contributed by atoms with Crippen LogP contribution in [0.4, 0.5) is 0 Å². The van der Waals surface area contributed by atoms with E-state index in [-0.39, 0.29) is 0 Å². The summed E-state index contributed by atoms with van der Waals surface area (Å²) in [5, 5.41) is 3.81. The maximum absolute atomic E-state index is 3.81. The van der Waals surface area contributed by atoms with Crippen molar-refractivity contribution >= 4 is 0 Å². The van der Waals surface area contributed by atoms with Crippen LogP contribution in [0.15, 0.2) is 24.3 Å². The van der Waals surface area contributed by atoms with Crippen LogP contribution in [0.25, 0.3) is 0 Å². The topological polar surface area (TPSA) is 15.3 Å². The highest BCUT2D eigenvalue weighted by molar-refractivity contribution is 5.34. The fraction of sp³-hybridized carbons (Fsp3) is 0.667. The van der Waals surface area contributed by atoms with E-state index in [2.05, 4.69) is 48.5 Å².